The molecule has 1 amide bonds. The van der Waals surface area contributed by atoms with Crippen LogP contribution in [0.15, 0.2) is 24.3 Å². The van der Waals surface area contributed by atoms with Crippen molar-refractivity contribution in [1.29, 1.82) is 0 Å². The van der Waals surface area contributed by atoms with Gasteiger partial charge in [0.25, 0.3) is 5.91 Å². The highest BCUT2D eigenvalue weighted by Crippen LogP contribution is 2.40. The first-order chi connectivity index (χ1) is 8.89. The van der Waals surface area contributed by atoms with Gasteiger partial charge in [0.15, 0.2) is 6.61 Å². The molecule has 0 aromatic heterocycles. The Morgan fingerprint density at radius 1 is 1.47 bits per heavy atom. The fourth-order valence-corrected chi connectivity index (χ4v) is 2.10. The molecule has 1 aromatic carbocycles. The SMILES string of the molecule is CC1(C)C(O)CC1NC(=O)COc1ccc(N)cc1. The fraction of sp³-hybridized carbons (Fsp3) is 0.500. The van der Waals surface area contributed by atoms with E-state index in [1.165, 1.54) is 0 Å². The summed E-state index contributed by atoms with van der Waals surface area (Å²) in [6.45, 7) is 3.84. The van der Waals surface area contributed by atoms with E-state index in [1.807, 2.05) is 13.8 Å². The van der Waals surface area contributed by atoms with Crippen molar-refractivity contribution in [1.82, 2.24) is 5.32 Å². The van der Waals surface area contributed by atoms with Gasteiger partial charge in [-0.25, -0.2) is 0 Å². The first-order valence-electron chi connectivity index (χ1n) is 6.35. The summed E-state index contributed by atoms with van der Waals surface area (Å²) in [4.78, 5) is 11.7. The number of nitrogen functional groups attached to an aromatic ring is 1. The molecule has 0 spiro atoms. The van der Waals surface area contributed by atoms with Gasteiger partial charge in [-0.3, -0.25) is 4.79 Å². The molecule has 2 atom stereocenters. The molecule has 1 aromatic rings. The summed E-state index contributed by atoms with van der Waals surface area (Å²) in [5.74, 6) is 0.430. The quantitative estimate of drug-likeness (QED) is 0.706. The number of amides is 1. The minimum absolute atomic E-state index is 0.00465. The second-order valence-corrected chi connectivity index (χ2v) is 5.55. The highest BCUT2D eigenvalue weighted by Gasteiger charge is 2.47. The lowest BCUT2D eigenvalue weighted by Crippen LogP contribution is -2.61. The van der Waals surface area contributed by atoms with Crippen molar-refractivity contribution in [2.75, 3.05) is 12.3 Å². The summed E-state index contributed by atoms with van der Waals surface area (Å²) in [6, 6.07) is 6.89. The van der Waals surface area contributed by atoms with Gasteiger partial charge in [0.1, 0.15) is 5.75 Å². The maximum atomic E-state index is 11.7. The lowest BCUT2D eigenvalue weighted by Gasteiger charge is -2.49. The largest absolute Gasteiger partial charge is 0.484 e. The van der Waals surface area contributed by atoms with Crippen LogP contribution in [0, 0.1) is 5.41 Å². The molecule has 1 aliphatic carbocycles. The van der Waals surface area contributed by atoms with Crippen LogP contribution >= 0.6 is 0 Å². The van der Waals surface area contributed by atoms with Crippen molar-refractivity contribution in [2.45, 2.75) is 32.4 Å². The second kappa shape index (κ2) is 5.09. The number of hydrogen-bond acceptors (Lipinski definition) is 4. The summed E-state index contributed by atoms with van der Waals surface area (Å²) in [5.41, 5.74) is 5.95. The minimum atomic E-state index is -0.351. The van der Waals surface area contributed by atoms with Gasteiger partial charge < -0.3 is 20.9 Å². The molecule has 0 radical (unpaired) electrons. The molecular weight excluding hydrogens is 244 g/mol. The van der Waals surface area contributed by atoms with Crippen LogP contribution in [0.4, 0.5) is 5.69 Å². The molecule has 0 aliphatic heterocycles. The average molecular weight is 264 g/mol. The zero-order valence-corrected chi connectivity index (χ0v) is 11.2. The molecule has 2 rings (SSSR count). The summed E-state index contributed by atoms with van der Waals surface area (Å²) in [5, 5.41) is 12.5. The number of benzene rings is 1. The Hall–Kier alpha value is -1.75. The number of rotatable bonds is 4. The summed E-state index contributed by atoms with van der Waals surface area (Å²) < 4.78 is 5.36. The molecule has 5 heteroatoms. The lowest BCUT2D eigenvalue weighted by molar-refractivity contribution is -0.131. The van der Waals surface area contributed by atoms with Gasteiger partial charge >= 0.3 is 0 Å². The Kier molecular flexibility index (Phi) is 3.66. The maximum absolute atomic E-state index is 11.7. The van der Waals surface area contributed by atoms with Crippen molar-refractivity contribution >= 4 is 11.6 Å². The van der Waals surface area contributed by atoms with Crippen LogP contribution in [0.5, 0.6) is 5.75 Å². The minimum Gasteiger partial charge on any atom is -0.484 e. The molecule has 5 nitrogen and oxygen atoms in total. The lowest BCUT2D eigenvalue weighted by atomic mass is 9.64. The van der Waals surface area contributed by atoms with Crippen molar-refractivity contribution in [3.63, 3.8) is 0 Å². The molecule has 2 unspecified atom stereocenters. The zero-order chi connectivity index (χ0) is 14.0. The first-order valence-corrected chi connectivity index (χ1v) is 6.35. The third kappa shape index (κ3) is 2.98. The molecule has 4 N–H and O–H groups in total. The van der Waals surface area contributed by atoms with E-state index in [4.69, 9.17) is 10.5 Å². The second-order valence-electron chi connectivity index (χ2n) is 5.55. The Labute approximate surface area is 112 Å². The summed E-state index contributed by atoms with van der Waals surface area (Å²) in [6.07, 6.45) is 0.247. The third-order valence-corrected chi connectivity index (χ3v) is 3.80. The van der Waals surface area contributed by atoms with Crippen molar-refractivity contribution < 1.29 is 14.6 Å². The van der Waals surface area contributed by atoms with Crippen LogP contribution < -0.4 is 15.8 Å². The normalized spacial score (nSPS) is 24.4. The number of aliphatic hydroxyl groups excluding tert-OH is 1. The van der Waals surface area contributed by atoms with Crippen molar-refractivity contribution in [3.8, 4) is 5.75 Å². The topological polar surface area (TPSA) is 84.6 Å². The number of anilines is 1. The van der Waals surface area contributed by atoms with E-state index in [2.05, 4.69) is 5.32 Å². The monoisotopic (exact) mass is 264 g/mol. The van der Waals surface area contributed by atoms with E-state index in [-0.39, 0.29) is 30.1 Å². The number of hydrogen-bond donors (Lipinski definition) is 3. The van der Waals surface area contributed by atoms with Crippen LogP contribution in [0.25, 0.3) is 0 Å². The predicted molar refractivity (Wildman–Crippen MR) is 72.7 cm³/mol. The van der Waals surface area contributed by atoms with Crippen molar-refractivity contribution in [3.05, 3.63) is 24.3 Å². The van der Waals surface area contributed by atoms with Gasteiger partial charge in [-0.2, -0.15) is 0 Å². The van der Waals surface area contributed by atoms with Crippen LogP contribution in [0.1, 0.15) is 20.3 Å². The third-order valence-electron chi connectivity index (χ3n) is 3.80. The van der Waals surface area contributed by atoms with Gasteiger partial charge in [0.2, 0.25) is 0 Å². The predicted octanol–water partition coefficient (Wildman–Crippen LogP) is 0.923. The van der Waals surface area contributed by atoms with Crippen LogP contribution in [0.2, 0.25) is 0 Å². The Bertz CT molecular complexity index is 456. The number of ether oxygens (including phenoxy) is 1. The molecule has 104 valence electrons. The smallest absolute Gasteiger partial charge is 0.258 e. The first kappa shape index (κ1) is 13.7. The van der Waals surface area contributed by atoms with Crippen LogP contribution in [0.3, 0.4) is 0 Å². The molecule has 1 aliphatic rings. The Morgan fingerprint density at radius 3 is 2.63 bits per heavy atom. The van der Waals surface area contributed by atoms with Gasteiger partial charge in [0, 0.05) is 17.1 Å². The fourth-order valence-electron chi connectivity index (χ4n) is 2.10. The number of nitrogens with two attached hydrogens (primary N) is 1. The molecule has 1 saturated carbocycles. The molecule has 0 bridgehead atoms. The Balaban J connectivity index is 1.78. The number of nitrogens with one attached hydrogen (secondary N) is 1. The van der Waals surface area contributed by atoms with Gasteiger partial charge in [-0.1, -0.05) is 13.8 Å². The molecule has 0 heterocycles. The van der Waals surface area contributed by atoms with E-state index in [9.17, 15) is 9.90 Å². The Morgan fingerprint density at radius 2 is 2.11 bits per heavy atom. The van der Waals surface area contributed by atoms with E-state index in [0.717, 1.165) is 0 Å². The average Bonchev–Trinajstić information content (AvgIpc) is 2.38. The van der Waals surface area contributed by atoms with E-state index in [0.29, 0.717) is 17.9 Å². The maximum Gasteiger partial charge on any atom is 0.258 e. The number of carbonyl (C=O) groups is 1. The summed E-state index contributed by atoms with van der Waals surface area (Å²) in [7, 11) is 0. The van der Waals surface area contributed by atoms with Gasteiger partial charge in [-0.05, 0) is 30.7 Å². The van der Waals surface area contributed by atoms with Gasteiger partial charge in [-0.15, -0.1) is 0 Å². The van der Waals surface area contributed by atoms with Crippen LogP contribution in [-0.2, 0) is 4.79 Å². The molecule has 0 saturated heterocycles. The van der Waals surface area contributed by atoms with Crippen LogP contribution in [-0.4, -0.2) is 29.8 Å². The molecule has 19 heavy (non-hydrogen) atoms. The van der Waals surface area contributed by atoms with E-state index < -0.39 is 0 Å². The molecular formula is C14H20N2O3. The standard InChI is InChI=1S/C14H20N2O3/c1-14(2)11(7-12(14)17)16-13(18)8-19-10-5-3-9(15)4-6-10/h3-6,11-12,17H,7-8,15H2,1-2H3,(H,16,18). The highest BCUT2D eigenvalue weighted by atomic mass is 16.5. The highest BCUT2D eigenvalue weighted by molar-refractivity contribution is 5.78. The molecule has 1 fully saturated rings. The van der Waals surface area contributed by atoms with E-state index in [1.54, 1.807) is 24.3 Å². The number of carbonyl (C=O) groups excluding carboxylic acids is 1. The number of aliphatic hydroxyl groups is 1. The summed E-state index contributed by atoms with van der Waals surface area (Å²) >= 11 is 0. The van der Waals surface area contributed by atoms with Crippen molar-refractivity contribution in [2.24, 2.45) is 5.41 Å². The zero-order valence-electron chi connectivity index (χ0n) is 11.2. The van der Waals surface area contributed by atoms with Gasteiger partial charge in [0.05, 0.1) is 6.10 Å². The van der Waals surface area contributed by atoms with E-state index >= 15 is 0 Å².